The Morgan fingerprint density at radius 2 is 2.07 bits per heavy atom. The van der Waals surface area contributed by atoms with Gasteiger partial charge in [-0.05, 0) is 17.7 Å². The van der Waals surface area contributed by atoms with Crippen molar-refractivity contribution in [1.29, 1.82) is 0 Å². The van der Waals surface area contributed by atoms with Crippen molar-refractivity contribution in [2.45, 2.75) is 18.3 Å². The SMILES string of the molecule is Nc1cccc(C2(C(=O)O)CC(=O)C2)c1. The van der Waals surface area contributed by atoms with E-state index in [0.717, 1.165) is 0 Å². The molecule has 0 bridgehead atoms. The summed E-state index contributed by atoms with van der Waals surface area (Å²) < 4.78 is 0. The van der Waals surface area contributed by atoms with E-state index in [1.165, 1.54) is 0 Å². The highest BCUT2D eigenvalue weighted by molar-refractivity contribution is 6.01. The predicted octanol–water partition coefficient (Wildman–Crippen LogP) is 0.954. The number of hydrogen-bond acceptors (Lipinski definition) is 3. The van der Waals surface area contributed by atoms with E-state index in [1.54, 1.807) is 24.3 Å². The molecule has 0 heterocycles. The number of carboxylic acids is 1. The van der Waals surface area contributed by atoms with Crippen molar-refractivity contribution in [3.05, 3.63) is 29.8 Å². The summed E-state index contributed by atoms with van der Waals surface area (Å²) in [6, 6.07) is 6.73. The number of nitrogen functional groups attached to an aromatic ring is 1. The largest absolute Gasteiger partial charge is 0.481 e. The highest BCUT2D eigenvalue weighted by atomic mass is 16.4. The van der Waals surface area contributed by atoms with E-state index in [2.05, 4.69) is 0 Å². The summed E-state index contributed by atoms with van der Waals surface area (Å²) in [6.45, 7) is 0. The van der Waals surface area contributed by atoms with E-state index in [4.69, 9.17) is 10.8 Å². The molecule has 4 nitrogen and oxygen atoms in total. The van der Waals surface area contributed by atoms with Crippen molar-refractivity contribution in [2.75, 3.05) is 5.73 Å². The average Bonchev–Trinajstić information content (AvgIpc) is 2.12. The maximum absolute atomic E-state index is 11.2. The number of Topliss-reactive ketones (excluding diaryl/α,β-unsaturated/α-hetero) is 1. The lowest BCUT2D eigenvalue weighted by Gasteiger charge is -2.36. The standard InChI is InChI=1S/C11H11NO3/c12-8-3-1-2-7(4-8)11(10(14)15)5-9(13)6-11/h1-4H,5-6,12H2,(H,14,15). The van der Waals surface area contributed by atoms with Gasteiger partial charge in [-0.3, -0.25) is 9.59 Å². The minimum Gasteiger partial charge on any atom is -0.481 e. The zero-order chi connectivity index (χ0) is 11.1. The molecule has 1 aromatic rings. The van der Waals surface area contributed by atoms with Gasteiger partial charge in [0.1, 0.15) is 11.2 Å². The molecule has 0 aromatic heterocycles. The Bertz CT molecular complexity index is 431. The fraction of sp³-hybridized carbons (Fsp3) is 0.273. The van der Waals surface area contributed by atoms with Gasteiger partial charge in [0.2, 0.25) is 0 Å². The molecule has 2 rings (SSSR count). The minimum atomic E-state index is -1.04. The summed E-state index contributed by atoms with van der Waals surface area (Å²) >= 11 is 0. The van der Waals surface area contributed by atoms with Crippen LogP contribution in [0.25, 0.3) is 0 Å². The summed E-state index contributed by atoms with van der Waals surface area (Å²) in [5.41, 5.74) is 5.70. The highest BCUT2D eigenvalue weighted by Gasteiger charge is 2.51. The summed E-state index contributed by atoms with van der Waals surface area (Å²) in [5, 5.41) is 9.15. The zero-order valence-corrected chi connectivity index (χ0v) is 8.06. The monoisotopic (exact) mass is 205 g/mol. The van der Waals surface area contributed by atoms with E-state index in [1.807, 2.05) is 0 Å². The van der Waals surface area contributed by atoms with Crippen molar-refractivity contribution >= 4 is 17.4 Å². The van der Waals surface area contributed by atoms with Crippen LogP contribution in [-0.4, -0.2) is 16.9 Å². The van der Waals surface area contributed by atoms with Crippen LogP contribution in [0.4, 0.5) is 5.69 Å². The van der Waals surface area contributed by atoms with Gasteiger partial charge < -0.3 is 10.8 Å². The van der Waals surface area contributed by atoms with Crippen molar-refractivity contribution in [2.24, 2.45) is 0 Å². The van der Waals surface area contributed by atoms with Crippen LogP contribution < -0.4 is 5.73 Å². The minimum absolute atomic E-state index is 0.0141. The lowest BCUT2D eigenvalue weighted by molar-refractivity contribution is -0.153. The number of carbonyl (C=O) groups excluding carboxylic acids is 1. The molecule has 1 aliphatic carbocycles. The zero-order valence-electron chi connectivity index (χ0n) is 8.06. The Labute approximate surface area is 86.7 Å². The molecular formula is C11H11NO3. The van der Waals surface area contributed by atoms with E-state index >= 15 is 0 Å². The van der Waals surface area contributed by atoms with Gasteiger partial charge in [0.15, 0.2) is 0 Å². The summed E-state index contributed by atoms with van der Waals surface area (Å²) in [4.78, 5) is 22.2. The van der Waals surface area contributed by atoms with Gasteiger partial charge in [0.25, 0.3) is 0 Å². The molecule has 1 aliphatic rings. The quantitative estimate of drug-likeness (QED) is 0.704. The van der Waals surface area contributed by atoms with Crippen molar-refractivity contribution in [3.63, 3.8) is 0 Å². The topological polar surface area (TPSA) is 80.4 Å². The molecule has 78 valence electrons. The third kappa shape index (κ3) is 1.38. The molecule has 0 unspecified atom stereocenters. The van der Waals surface area contributed by atoms with Gasteiger partial charge in [0.05, 0.1) is 0 Å². The molecule has 0 spiro atoms. The lowest BCUT2D eigenvalue weighted by Crippen LogP contribution is -2.48. The molecule has 0 atom stereocenters. The number of carbonyl (C=O) groups is 2. The first-order chi connectivity index (χ1) is 7.04. The molecule has 4 heteroatoms. The number of rotatable bonds is 2. The van der Waals surface area contributed by atoms with Crippen molar-refractivity contribution < 1.29 is 14.7 Å². The smallest absolute Gasteiger partial charge is 0.315 e. The lowest BCUT2D eigenvalue weighted by atomic mass is 9.63. The molecule has 1 fully saturated rings. The molecule has 0 amide bonds. The number of hydrogen-bond donors (Lipinski definition) is 2. The van der Waals surface area contributed by atoms with Crippen LogP contribution in [0, 0.1) is 0 Å². The second-order valence-corrected chi connectivity index (χ2v) is 3.90. The molecule has 15 heavy (non-hydrogen) atoms. The number of carboxylic acid groups (broad SMARTS) is 1. The van der Waals surface area contributed by atoms with Crippen LogP contribution in [0.2, 0.25) is 0 Å². The van der Waals surface area contributed by atoms with Crippen LogP contribution in [0.5, 0.6) is 0 Å². The number of anilines is 1. The summed E-state index contributed by atoms with van der Waals surface area (Å²) in [7, 11) is 0. The molecule has 1 saturated carbocycles. The van der Waals surface area contributed by atoms with Crippen LogP contribution >= 0.6 is 0 Å². The van der Waals surface area contributed by atoms with Crippen molar-refractivity contribution in [1.82, 2.24) is 0 Å². The predicted molar refractivity (Wildman–Crippen MR) is 54.4 cm³/mol. The Balaban J connectivity index is 2.43. The molecule has 0 aliphatic heterocycles. The van der Waals surface area contributed by atoms with Gasteiger partial charge in [0, 0.05) is 18.5 Å². The van der Waals surface area contributed by atoms with Crippen molar-refractivity contribution in [3.8, 4) is 0 Å². The second kappa shape index (κ2) is 3.08. The van der Waals surface area contributed by atoms with E-state index < -0.39 is 11.4 Å². The fourth-order valence-corrected chi connectivity index (χ4v) is 1.94. The Morgan fingerprint density at radius 1 is 1.40 bits per heavy atom. The van der Waals surface area contributed by atoms with E-state index in [9.17, 15) is 9.59 Å². The van der Waals surface area contributed by atoms with Crippen LogP contribution in [0.15, 0.2) is 24.3 Å². The van der Waals surface area contributed by atoms with Gasteiger partial charge >= 0.3 is 5.97 Å². The Kier molecular flexibility index (Phi) is 2.00. The Hall–Kier alpha value is -1.84. The maximum Gasteiger partial charge on any atom is 0.315 e. The average molecular weight is 205 g/mol. The van der Waals surface area contributed by atoms with Gasteiger partial charge in [-0.25, -0.2) is 0 Å². The molecule has 0 radical (unpaired) electrons. The van der Waals surface area contributed by atoms with Gasteiger partial charge in [-0.2, -0.15) is 0 Å². The third-order valence-electron chi connectivity index (χ3n) is 2.85. The van der Waals surface area contributed by atoms with Crippen LogP contribution in [0.1, 0.15) is 18.4 Å². The second-order valence-electron chi connectivity index (χ2n) is 3.90. The van der Waals surface area contributed by atoms with E-state index in [0.29, 0.717) is 11.3 Å². The Morgan fingerprint density at radius 3 is 2.53 bits per heavy atom. The van der Waals surface area contributed by atoms with Gasteiger partial charge in [-0.1, -0.05) is 12.1 Å². The van der Waals surface area contributed by atoms with Crippen LogP contribution in [-0.2, 0) is 15.0 Å². The molecular weight excluding hydrogens is 194 g/mol. The number of benzene rings is 1. The third-order valence-corrected chi connectivity index (χ3v) is 2.85. The molecule has 1 aromatic carbocycles. The normalized spacial score (nSPS) is 18.3. The highest BCUT2D eigenvalue weighted by Crippen LogP contribution is 2.41. The molecule has 0 saturated heterocycles. The first-order valence-corrected chi connectivity index (χ1v) is 4.66. The molecule has 3 N–H and O–H groups in total. The fourth-order valence-electron chi connectivity index (χ4n) is 1.94. The first-order valence-electron chi connectivity index (χ1n) is 4.66. The summed E-state index contributed by atoms with van der Waals surface area (Å²) in [6.07, 6.45) is 0.150. The summed E-state index contributed by atoms with van der Waals surface area (Å²) in [5.74, 6) is -0.965. The number of ketones is 1. The maximum atomic E-state index is 11.2. The number of nitrogens with two attached hydrogens (primary N) is 1. The number of aliphatic carboxylic acids is 1. The first kappa shape index (κ1) is 9.71. The van der Waals surface area contributed by atoms with Crippen LogP contribution in [0.3, 0.4) is 0 Å². The van der Waals surface area contributed by atoms with Gasteiger partial charge in [-0.15, -0.1) is 0 Å². The van der Waals surface area contributed by atoms with E-state index in [-0.39, 0.29) is 18.6 Å².